The molecule has 0 saturated heterocycles. The summed E-state index contributed by atoms with van der Waals surface area (Å²) in [5.74, 6) is 0.256. The van der Waals surface area contributed by atoms with Gasteiger partial charge in [0.05, 0.1) is 16.8 Å². The molecule has 1 N–H and O–H groups in total. The van der Waals surface area contributed by atoms with Crippen molar-refractivity contribution in [1.82, 2.24) is 4.31 Å². The van der Waals surface area contributed by atoms with Gasteiger partial charge in [-0.15, -0.1) is 11.8 Å². The van der Waals surface area contributed by atoms with Gasteiger partial charge in [0, 0.05) is 30.4 Å². The fraction of sp³-hybridized carbons (Fsp3) is 0.208. The predicted molar refractivity (Wildman–Crippen MR) is 141 cm³/mol. The minimum atomic E-state index is -3.80. The van der Waals surface area contributed by atoms with Crippen LogP contribution in [0, 0.1) is 0 Å². The number of benzene rings is 3. The summed E-state index contributed by atoms with van der Waals surface area (Å²) in [5.41, 5.74) is 1.82. The molecule has 0 radical (unpaired) electrons. The third-order valence-corrected chi connectivity index (χ3v) is 9.03. The number of nitrogens with zero attached hydrogens (tertiary/aromatic N) is 2. The fourth-order valence-electron chi connectivity index (χ4n) is 3.09. The van der Waals surface area contributed by atoms with Crippen LogP contribution in [0.5, 0.6) is 0 Å². The average molecular weight is 534 g/mol. The smallest absolute Gasteiger partial charge is 0.245 e. The number of nitrogens with one attached hydrogen (secondary N) is 1. The van der Waals surface area contributed by atoms with Crippen LogP contribution < -0.4 is 9.62 Å². The first-order chi connectivity index (χ1) is 16.5. The molecule has 0 saturated carbocycles. The molecule has 0 spiro atoms. The number of hydrogen-bond donors (Lipinski definition) is 1. The highest BCUT2D eigenvalue weighted by molar-refractivity contribution is 7.98. The van der Waals surface area contributed by atoms with E-state index in [2.05, 4.69) is 5.32 Å². The Hall–Kier alpha value is -2.86. The zero-order chi connectivity index (χ0) is 25.6. The Balaban J connectivity index is 1.66. The molecule has 0 fully saturated rings. The lowest BCUT2D eigenvalue weighted by molar-refractivity contribution is -0.114. The maximum absolute atomic E-state index is 12.6. The quantitative estimate of drug-likeness (QED) is 0.399. The Bertz CT molecular complexity index is 1360. The largest absolute Gasteiger partial charge is 0.325 e. The minimum absolute atomic E-state index is 0.0228. The van der Waals surface area contributed by atoms with E-state index in [1.165, 1.54) is 38.4 Å². The molecular formula is C24H27N3O5S3. The monoisotopic (exact) mass is 533 g/mol. The molecule has 0 aliphatic rings. The third kappa shape index (κ3) is 7.31. The minimum Gasteiger partial charge on any atom is -0.325 e. The third-order valence-electron chi connectivity index (χ3n) is 4.98. The Morgan fingerprint density at radius 1 is 0.857 bits per heavy atom. The Morgan fingerprint density at radius 3 is 2.00 bits per heavy atom. The summed E-state index contributed by atoms with van der Waals surface area (Å²) < 4.78 is 51.2. The molecular weight excluding hydrogens is 506 g/mol. The van der Waals surface area contributed by atoms with Crippen LogP contribution in [0.3, 0.4) is 0 Å². The maximum Gasteiger partial charge on any atom is 0.245 e. The summed E-state index contributed by atoms with van der Waals surface area (Å²) in [4.78, 5) is 13.8. The van der Waals surface area contributed by atoms with Crippen molar-refractivity contribution in [3.8, 4) is 0 Å². The van der Waals surface area contributed by atoms with E-state index < -0.39 is 32.5 Å². The zero-order valence-electron chi connectivity index (χ0n) is 19.6. The number of anilines is 2. The molecule has 35 heavy (non-hydrogen) atoms. The fourth-order valence-corrected chi connectivity index (χ4v) is 5.73. The van der Waals surface area contributed by atoms with Crippen molar-refractivity contribution in [2.24, 2.45) is 0 Å². The van der Waals surface area contributed by atoms with E-state index in [0.29, 0.717) is 5.69 Å². The molecule has 0 aliphatic carbocycles. The molecule has 3 aromatic rings. The van der Waals surface area contributed by atoms with Gasteiger partial charge in [0.2, 0.25) is 26.0 Å². The highest BCUT2D eigenvalue weighted by Gasteiger charge is 2.23. The van der Waals surface area contributed by atoms with Crippen molar-refractivity contribution < 1.29 is 21.6 Å². The second-order valence-electron chi connectivity index (χ2n) is 7.90. The van der Waals surface area contributed by atoms with Gasteiger partial charge in [0.15, 0.2) is 0 Å². The van der Waals surface area contributed by atoms with E-state index >= 15 is 0 Å². The normalized spacial score (nSPS) is 11.9. The van der Waals surface area contributed by atoms with Crippen LogP contribution >= 0.6 is 11.8 Å². The number of hydrogen-bond acceptors (Lipinski definition) is 6. The lowest BCUT2D eigenvalue weighted by atomic mass is 10.2. The van der Waals surface area contributed by atoms with Crippen molar-refractivity contribution in [2.75, 3.05) is 36.5 Å². The number of carbonyl (C=O) groups is 1. The lowest BCUT2D eigenvalue weighted by Gasteiger charge is -2.22. The molecule has 3 rings (SSSR count). The van der Waals surface area contributed by atoms with Gasteiger partial charge in [0.1, 0.15) is 6.54 Å². The number of amides is 1. The molecule has 0 atom stereocenters. The first kappa shape index (κ1) is 26.7. The van der Waals surface area contributed by atoms with Crippen LogP contribution in [0.15, 0.2) is 88.7 Å². The molecule has 0 bridgehead atoms. The molecule has 0 heterocycles. The summed E-state index contributed by atoms with van der Waals surface area (Å²) in [6.45, 7) is -0.454. The van der Waals surface area contributed by atoms with Crippen molar-refractivity contribution in [2.45, 2.75) is 15.5 Å². The summed E-state index contributed by atoms with van der Waals surface area (Å²) >= 11 is 1.70. The van der Waals surface area contributed by atoms with E-state index in [1.807, 2.05) is 42.5 Å². The summed E-state index contributed by atoms with van der Waals surface area (Å²) in [5, 5.41) is 2.71. The number of rotatable bonds is 10. The van der Waals surface area contributed by atoms with Gasteiger partial charge in [-0.3, -0.25) is 9.10 Å². The van der Waals surface area contributed by atoms with E-state index in [0.717, 1.165) is 31.1 Å². The van der Waals surface area contributed by atoms with Crippen LogP contribution in [0.25, 0.3) is 0 Å². The van der Waals surface area contributed by atoms with Crippen LogP contribution in [-0.4, -0.2) is 53.9 Å². The van der Waals surface area contributed by atoms with E-state index in [1.54, 1.807) is 23.9 Å². The molecule has 8 nitrogen and oxygen atoms in total. The molecule has 11 heteroatoms. The standard InChI is InChI=1S/C24H27N3O5S3/c1-26(2)35(31,32)23-15-13-21(14-16-23)27(34(3,29)30)17-24(28)25-20-11-9-19(10-12-20)18-33-22-7-5-4-6-8-22/h4-16H,17-18H2,1-3H3,(H,25,28). The average Bonchev–Trinajstić information content (AvgIpc) is 2.82. The lowest BCUT2D eigenvalue weighted by Crippen LogP contribution is -2.37. The Morgan fingerprint density at radius 2 is 1.46 bits per heavy atom. The SMILES string of the molecule is CN(C)S(=O)(=O)c1ccc(N(CC(=O)Nc2ccc(CSc3ccccc3)cc2)S(C)(=O)=O)cc1. The molecule has 0 aromatic heterocycles. The van der Waals surface area contributed by atoms with Gasteiger partial charge >= 0.3 is 0 Å². The van der Waals surface area contributed by atoms with Crippen LogP contribution in [-0.2, 0) is 30.6 Å². The second kappa shape index (κ2) is 11.3. The highest BCUT2D eigenvalue weighted by Crippen LogP contribution is 2.24. The van der Waals surface area contributed by atoms with Crippen molar-refractivity contribution in [3.63, 3.8) is 0 Å². The maximum atomic E-state index is 12.6. The molecule has 0 unspecified atom stereocenters. The van der Waals surface area contributed by atoms with Gasteiger partial charge in [-0.1, -0.05) is 30.3 Å². The summed E-state index contributed by atoms with van der Waals surface area (Å²) in [6, 6.07) is 22.7. The van der Waals surface area contributed by atoms with Crippen LogP contribution in [0.4, 0.5) is 11.4 Å². The van der Waals surface area contributed by atoms with Gasteiger partial charge in [-0.2, -0.15) is 0 Å². The number of sulfonamides is 2. The van der Waals surface area contributed by atoms with Gasteiger partial charge in [-0.25, -0.2) is 21.1 Å². The topological polar surface area (TPSA) is 104 Å². The van der Waals surface area contributed by atoms with Crippen molar-refractivity contribution in [1.29, 1.82) is 0 Å². The van der Waals surface area contributed by atoms with Crippen molar-refractivity contribution in [3.05, 3.63) is 84.4 Å². The first-order valence-electron chi connectivity index (χ1n) is 10.5. The number of thioether (sulfide) groups is 1. The second-order valence-corrected chi connectivity index (χ2v) is 13.0. The van der Waals surface area contributed by atoms with Gasteiger partial charge < -0.3 is 5.32 Å². The highest BCUT2D eigenvalue weighted by atomic mass is 32.2. The van der Waals surface area contributed by atoms with Crippen LogP contribution in [0.2, 0.25) is 0 Å². The summed E-state index contributed by atoms with van der Waals surface area (Å²) in [7, 11) is -4.64. The Labute approximate surface area is 211 Å². The molecule has 0 aliphatic heterocycles. The zero-order valence-corrected chi connectivity index (χ0v) is 22.0. The predicted octanol–water partition coefficient (Wildman–Crippen LogP) is 3.63. The van der Waals surface area contributed by atoms with Gasteiger partial charge in [0.25, 0.3) is 0 Å². The van der Waals surface area contributed by atoms with Crippen molar-refractivity contribution >= 4 is 49.1 Å². The molecule has 186 valence electrons. The van der Waals surface area contributed by atoms with E-state index in [-0.39, 0.29) is 10.6 Å². The van der Waals surface area contributed by atoms with Gasteiger partial charge in [-0.05, 0) is 54.1 Å². The Kier molecular flexibility index (Phi) is 8.60. The first-order valence-corrected chi connectivity index (χ1v) is 14.8. The number of carbonyl (C=O) groups excluding carboxylic acids is 1. The molecule has 1 amide bonds. The molecule has 3 aromatic carbocycles. The van der Waals surface area contributed by atoms with E-state index in [9.17, 15) is 21.6 Å². The van der Waals surface area contributed by atoms with E-state index in [4.69, 9.17) is 0 Å². The van der Waals surface area contributed by atoms with Crippen LogP contribution in [0.1, 0.15) is 5.56 Å². The summed E-state index contributed by atoms with van der Waals surface area (Å²) in [6.07, 6.45) is 0.990.